The van der Waals surface area contributed by atoms with Crippen molar-refractivity contribution in [2.24, 2.45) is 0 Å². The minimum atomic E-state index is 0. The summed E-state index contributed by atoms with van der Waals surface area (Å²) in [5, 5.41) is 22.8. The maximum Gasteiger partial charge on any atom is 0.115 e. The van der Waals surface area contributed by atoms with Crippen molar-refractivity contribution in [1.29, 1.82) is 0 Å². The monoisotopic (exact) mass is 369 g/mol. The summed E-state index contributed by atoms with van der Waals surface area (Å²) >= 11 is 3.69. The van der Waals surface area contributed by atoms with Gasteiger partial charge in [0.15, 0.2) is 0 Å². The second-order valence-corrected chi connectivity index (χ2v) is 7.85. The molecule has 1 fully saturated rings. The number of nitrogens with one attached hydrogen (secondary N) is 1. The average Bonchev–Trinajstić information content (AvgIpc) is 2.97. The molecule has 1 aliphatic rings. The molecule has 0 unspecified atom stereocenters. The van der Waals surface area contributed by atoms with Crippen LogP contribution < -0.4 is 5.32 Å². The lowest BCUT2D eigenvalue weighted by Crippen LogP contribution is -2.23. The molecule has 3 N–H and O–H groups in total. The standard InChI is InChI=1S/C17H19NO2S2.ClH/c19-13-1-5-15(6-2-13)21-11-12-9-17(10-18-12)22-16-7-3-14(20)4-8-16;/h1-8,12,17-20H,9-11H2;1H/t12-,17+;/m1./s1. The summed E-state index contributed by atoms with van der Waals surface area (Å²) in [6, 6.07) is 15.3. The lowest BCUT2D eigenvalue weighted by atomic mass is 10.2. The van der Waals surface area contributed by atoms with Crippen LogP contribution in [0.4, 0.5) is 0 Å². The predicted molar refractivity (Wildman–Crippen MR) is 100 cm³/mol. The van der Waals surface area contributed by atoms with Crippen LogP contribution in [0.25, 0.3) is 0 Å². The van der Waals surface area contributed by atoms with Crippen molar-refractivity contribution in [2.45, 2.75) is 27.5 Å². The third kappa shape index (κ3) is 5.53. The van der Waals surface area contributed by atoms with Gasteiger partial charge in [-0.2, -0.15) is 0 Å². The van der Waals surface area contributed by atoms with Crippen molar-refractivity contribution in [1.82, 2.24) is 5.32 Å². The van der Waals surface area contributed by atoms with Crippen molar-refractivity contribution in [2.75, 3.05) is 12.3 Å². The van der Waals surface area contributed by atoms with Gasteiger partial charge in [-0.25, -0.2) is 0 Å². The SMILES string of the molecule is Cl.Oc1ccc(SC[C@H]2C[C@H](Sc3ccc(O)cc3)CN2)cc1. The van der Waals surface area contributed by atoms with Gasteiger partial charge in [-0.3, -0.25) is 0 Å². The molecule has 1 heterocycles. The molecule has 0 amide bonds. The zero-order valence-electron chi connectivity index (χ0n) is 12.5. The first-order valence-corrected chi connectivity index (χ1v) is 9.16. The van der Waals surface area contributed by atoms with Gasteiger partial charge in [-0.1, -0.05) is 0 Å². The summed E-state index contributed by atoms with van der Waals surface area (Å²) < 4.78 is 0. The number of benzene rings is 2. The Kier molecular flexibility index (Phi) is 6.96. The van der Waals surface area contributed by atoms with E-state index in [4.69, 9.17) is 0 Å². The van der Waals surface area contributed by atoms with Crippen LogP contribution in [0.5, 0.6) is 11.5 Å². The molecule has 0 saturated carbocycles. The summed E-state index contributed by atoms with van der Waals surface area (Å²) in [5.74, 6) is 1.67. The molecule has 6 heteroatoms. The van der Waals surface area contributed by atoms with E-state index < -0.39 is 0 Å². The van der Waals surface area contributed by atoms with Crippen LogP contribution in [-0.4, -0.2) is 33.8 Å². The maximum absolute atomic E-state index is 9.31. The molecule has 2 aromatic carbocycles. The molecule has 0 aromatic heterocycles. The number of thioether (sulfide) groups is 2. The average molecular weight is 370 g/mol. The fraction of sp³-hybridized carbons (Fsp3) is 0.294. The molecule has 23 heavy (non-hydrogen) atoms. The first kappa shape index (κ1) is 18.3. The molecular formula is C17H20ClNO2S2. The minimum Gasteiger partial charge on any atom is -0.508 e. The fourth-order valence-electron chi connectivity index (χ4n) is 2.46. The Morgan fingerprint density at radius 1 is 0.913 bits per heavy atom. The largest absolute Gasteiger partial charge is 0.508 e. The Balaban J connectivity index is 0.00000192. The number of hydrogen-bond acceptors (Lipinski definition) is 5. The number of rotatable bonds is 5. The molecule has 3 rings (SSSR count). The van der Waals surface area contributed by atoms with Gasteiger partial charge in [0.1, 0.15) is 11.5 Å². The molecule has 0 aliphatic carbocycles. The summed E-state index contributed by atoms with van der Waals surface area (Å²) in [7, 11) is 0. The zero-order chi connectivity index (χ0) is 15.4. The summed E-state index contributed by atoms with van der Waals surface area (Å²) in [6.07, 6.45) is 1.15. The van der Waals surface area contributed by atoms with E-state index in [1.54, 1.807) is 24.3 Å². The Bertz CT molecular complexity index is 607. The predicted octanol–water partition coefficient (Wildman–Crippen LogP) is 4.13. The van der Waals surface area contributed by atoms with Crippen LogP contribution in [0.1, 0.15) is 6.42 Å². The number of aromatic hydroxyl groups is 2. The van der Waals surface area contributed by atoms with E-state index >= 15 is 0 Å². The molecule has 2 atom stereocenters. The number of halogens is 1. The van der Waals surface area contributed by atoms with E-state index in [0.29, 0.717) is 22.8 Å². The molecule has 3 nitrogen and oxygen atoms in total. The highest BCUT2D eigenvalue weighted by Gasteiger charge is 2.24. The second kappa shape index (κ2) is 8.73. The Morgan fingerprint density at radius 2 is 1.48 bits per heavy atom. The topological polar surface area (TPSA) is 52.5 Å². The van der Waals surface area contributed by atoms with Crippen molar-refractivity contribution < 1.29 is 10.2 Å². The zero-order valence-corrected chi connectivity index (χ0v) is 15.0. The summed E-state index contributed by atoms with van der Waals surface area (Å²) in [6.45, 7) is 1.02. The van der Waals surface area contributed by atoms with Crippen LogP contribution in [0.3, 0.4) is 0 Å². The van der Waals surface area contributed by atoms with Crippen LogP contribution in [-0.2, 0) is 0 Å². The molecule has 1 saturated heterocycles. The van der Waals surface area contributed by atoms with Crippen molar-refractivity contribution >= 4 is 35.9 Å². The lowest BCUT2D eigenvalue weighted by molar-refractivity contribution is 0.474. The van der Waals surface area contributed by atoms with Gasteiger partial charge < -0.3 is 15.5 Å². The molecule has 1 aliphatic heterocycles. The summed E-state index contributed by atoms with van der Waals surface area (Å²) in [5.41, 5.74) is 0. The van der Waals surface area contributed by atoms with Crippen LogP contribution in [0.2, 0.25) is 0 Å². The number of phenolic OH excluding ortho intramolecular Hbond substituents is 2. The highest BCUT2D eigenvalue weighted by molar-refractivity contribution is 8.00. The van der Waals surface area contributed by atoms with Gasteiger partial charge in [-0.05, 0) is 55.0 Å². The first-order chi connectivity index (χ1) is 10.7. The highest BCUT2D eigenvalue weighted by atomic mass is 35.5. The van der Waals surface area contributed by atoms with E-state index in [2.05, 4.69) is 5.32 Å². The maximum atomic E-state index is 9.31. The molecule has 0 bridgehead atoms. The molecule has 0 radical (unpaired) electrons. The highest BCUT2D eigenvalue weighted by Crippen LogP contribution is 2.31. The van der Waals surface area contributed by atoms with Crippen LogP contribution >= 0.6 is 35.9 Å². The van der Waals surface area contributed by atoms with E-state index in [9.17, 15) is 10.2 Å². The Labute approximate surface area is 151 Å². The van der Waals surface area contributed by atoms with Crippen LogP contribution in [0.15, 0.2) is 58.3 Å². The number of hydrogen-bond donors (Lipinski definition) is 3. The second-order valence-electron chi connectivity index (χ2n) is 5.38. The quantitative estimate of drug-likeness (QED) is 0.692. The van der Waals surface area contributed by atoms with E-state index in [1.807, 2.05) is 47.8 Å². The Morgan fingerprint density at radius 3 is 2.09 bits per heavy atom. The number of phenols is 2. The van der Waals surface area contributed by atoms with E-state index in [1.165, 1.54) is 9.79 Å². The van der Waals surface area contributed by atoms with Crippen LogP contribution in [0, 0.1) is 0 Å². The Hall–Kier alpha value is -1.01. The van der Waals surface area contributed by atoms with Crippen molar-refractivity contribution in [3.63, 3.8) is 0 Å². The molecule has 2 aromatic rings. The fourth-order valence-corrected chi connectivity index (χ4v) is 4.62. The van der Waals surface area contributed by atoms with Gasteiger partial charge in [-0.15, -0.1) is 35.9 Å². The normalized spacial score (nSPS) is 20.2. The van der Waals surface area contributed by atoms with Crippen molar-refractivity contribution in [3.8, 4) is 11.5 Å². The van der Waals surface area contributed by atoms with E-state index in [-0.39, 0.29) is 12.4 Å². The minimum absolute atomic E-state index is 0. The smallest absolute Gasteiger partial charge is 0.115 e. The molecular weight excluding hydrogens is 350 g/mol. The third-order valence-electron chi connectivity index (χ3n) is 3.61. The molecule has 124 valence electrons. The summed E-state index contributed by atoms with van der Waals surface area (Å²) in [4.78, 5) is 2.39. The van der Waals surface area contributed by atoms with Gasteiger partial charge >= 0.3 is 0 Å². The lowest BCUT2D eigenvalue weighted by Gasteiger charge is -2.10. The van der Waals surface area contributed by atoms with Gasteiger partial charge in [0.25, 0.3) is 0 Å². The first-order valence-electron chi connectivity index (χ1n) is 7.30. The van der Waals surface area contributed by atoms with Gasteiger partial charge in [0, 0.05) is 33.4 Å². The van der Waals surface area contributed by atoms with E-state index in [0.717, 1.165) is 18.7 Å². The van der Waals surface area contributed by atoms with Gasteiger partial charge in [0.2, 0.25) is 0 Å². The molecule has 0 spiro atoms. The van der Waals surface area contributed by atoms with Crippen molar-refractivity contribution in [3.05, 3.63) is 48.5 Å². The third-order valence-corrected chi connectivity index (χ3v) is 6.02. The van der Waals surface area contributed by atoms with Gasteiger partial charge in [0.05, 0.1) is 0 Å².